The molecule has 138 valence electrons. The highest BCUT2D eigenvalue weighted by Crippen LogP contribution is 2.25. The monoisotopic (exact) mass is 381 g/mol. The lowest BCUT2D eigenvalue weighted by molar-refractivity contribution is 0.0468. The minimum atomic E-state index is -3.92. The summed E-state index contributed by atoms with van der Waals surface area (Å²) in [7, 11) is -2.46. The Morgan fingerprint density at radius 1 is 0.852 bits per heavy atom. The molecule has 0 saturated carbocycles. The quantitative estimate of drug-likeness (QED) is 0.608. The Bertz CT molecular complexity index is 1020. The maximum atomic E-state index is 13.1. The van der Waals surface area contributed by atoms with Gasteiger partial charge in [0.05, 0.1) is 11.3 Å². The number of hydrogen-bond acceptors (Lipinski definition) is 4. The molecule has 0 aliphatic rings. The summed E-state index contributed by atoms with van der Waals surface area (Å²) in [5.41, 5.74) is 1.34. The van der Waals surface area contributed by atoms with Gasteiger partial charge in [0.1, 0.15) is 11.5 Å². The number of carbonyl (C=O) groups excluding carboxylic acids is 1. The average Bonchev–Trinajstić information content (AvgIpc) is 2.72. The highest BCUT2D eigenvalue weighted by molar-refractivity contribution is 7.92. The molecule has 0 heterocycles. The Hall–Kier alpha value is -3.12. The van der Waals surface area contributed by atoms with Crippen LogP contribution in [0.1, 0.15) is 15.9 Å². The van der Waals surface area contributed by atoms with E-state index in [2.05, 4.69) is 0 Å². The summed E-state index contributed by atoms with van der Waals surface area (Å²) in [5.74, 6) is -0.681. The summed E-state index contributed by atoms with van der Waals surface area (Å²) >= 11 is 0. The molecule has 0 aliphatic carbocycles. The Morgan fingerprint density at radius 3 is 2.07 bits per heavy atom. The van der Waals surface area contributed by atoms with Gasteiger partial charge in [-0.3, -0.25) is 4.31 Å². The second-order valence-electron chi connectivity index (χ2n) is 5.87. The third-order valence-corrected chi connectivity index (χ3v) is 5.92. The van der Waals surface area contributed by atoms with Crippen molar-refractivity contribution in [2.24, 2.45) is 0 Å². The number of sulfonamides is 1. The molecular weight excluding hydrogens is 362 g/mol. The van der Waals surface area contributed by atoms with Crippen LogP contribution in [0.5, 0.6) is 0 Å². The predicted octanol–water partition coefficient (Wildman–Crippen LogP) is 3.87. The molecule has 3 aromatic carbocycles. The van der Waals surface area contributed by atoms with Gasteiger partial charge in [-0.1, -0.05) is 60.7 Å². The molecule has 5 nitrogen and oxygen atoms in total. The summed E-state index contributed by atoms with van der Waals surface area (Å²) in [5, 5.41) is 0. The molecule has 3 rings (SSSR count). The largest absolute Gasteiger partial charge is 0.457 e. The van der Waals surface area contributed by atoms with Crippen LogP contribution in [0.3, 0.4) is 0 Å². The first kappa shape index (κ1) is 18.7. The van der Waals surface area contributed by atoms with Gasteiger partial charge in [-0.15, -0.1) is 0 Å². The van der Waals surface area contributed by atoms with Crippen molar-refractivity contribution < 1.29 is 17.9 Å². The van der Waals surface area contributed by atoms with E-state index in [1.807, 2.05) is 30.3 Å². The van der Waals surface area contributed by atoms with Crippen molar-refractivity contribution in [3.63, 3.8) is 0 Å². The van der Waals surface area contributed by atoms with Crippen LogP contribution in [0.25, 0.3) is 0 Å². The topological polar surface area (TPSA) is 63.7 Å². The molecule has 0 saturated heterocycles. The van der Waals surface area contributed by atoms with Crippen LogP contribution >= 0.6 is 0 Å². The van der Waals surface area contributed by atoms with Crippen molar-refractivity contribution in [1.29, 1.82) is 0 Å². The van der Waals surface area contributed by atoms with Crippen molar-refractivity contribution in [1.82, 2.24) is 0 Å². The van der Waals surface area contributed by atoms with Gasteiger partial charge in [0, 0.05) is 7.05 Å². The molecule has 0 N–H and O–H groups in total. The first-order chi connectivity index (χ1) is 13.0. The average molecular weight is 381 g/mol. The molecule has 6 heteroatoms. The van der Waals surface area contributed by atoms with Crippen molar-refractivity contribution in [3.8, 4) is 0 Å². The minimum Gasteiger partial charge on any atom is -0.457 e. The van der Waals surface area contributed by atoms with Crippen LogP contribution in [0.15, 0.2) is 89.8 Å². The fourth-order valence-corrected chi connectivity index (χ4v) is 3.96. The molecule has 3 aromatic rings. The smallest absolute Gasteiger partial charge is 0.339 e. The third-order valence-electron chi connectivity index (χ3n) is 4.08. The molecule has 0 spiro atoms. The van der Waals surface area contributed by atoms with Crippen LogP contribution in [0, 0.1) is 0 Å². The lowest BCUT2D eigenvalue weighted by Gasteiger charge is -2.20. The molecule has 0 atom stereocenters. The highest BCUT2D eigenvalue weighted by atomic mass is 32.2. The molecular formula is C21H19NO4S. The zero-order valence-electron chi connectivity index (χ0n) is 14.8. The lowest BCUT2D eigenvalue weighted by Crippen LogP contribution is -2.28. The van der Waals surface area contributed by atoms with Crippen LogP contribution in [0.2, 0.25) is 0 Å². The van der Waals surface area contributed by atoms with E-state index in [9.17, 15) is 13.2 Å². The second-order valence-corrected chi connectivity index (χ2v) is 7.80. The van der Waals surface area contributed by atoms with E-state index in [-0.39, 0.29) is 17.1 Å². The number of esters is 1. The molecule has 0 aromatic heterocycles. The number of nitrogens with zero attached hydrogens (tertiary/aromatic N) is 1. The summed E-state index contributed by atoms with van der Waals surface area (Å²) < 4.78 is 32.6. The van der Waals surface area contributed by atoms with E-state index in [1.165, 1.54) is 19.2 Å². The zero-order chi connectivity index (χ0) is 19.3. The summed E-state index contributed by atoms with van der Waals surface area (Å²) in [6, 6.07) is 24.0. The van der Waals surface area contributed by atoms with E-state index in [0.717, 1.165) is 9.87 Å². The van der Waals surface area contributed by atoms with Gasteiger partial charge in [-0.25, -0.2) is 13.2 Å². The summed E-state index contributed by atoms with van der Waals surface area (Å²) in [4.78, 5) is 12.5. The van der Waals surface area contributed by atoms with Crippen molar-refractivity contribution >= 4 is 21.7 Å². The fraction of sp³-hybridized carbons (Fsp3) is 0.0952. The maximum Gasteiger partial charge on any atom is 0.339 e. The molecule has 0 fully saturated rings. The normalized spacial score (nSPS) is 11.0. The fourth-order valence-electron chi connectivity index (χ4n) is 2.59. The SMILES string of the molecule is CN(c1ccccc1)S(=O)(=O)c1ccccc1C(=O)OCc1ccccc1. The summed E-state index contributed by atoms with van der Waals surface area (Å²) in [6.45, 7) is 0.0720. The van der Waals surface area contributed by atoms with Crippen molar-refractivity contribution in [2.75, 3.05) is 11.4 Å². The van der Waals surface area contributed by atoms with Gasteiger partial charge in [0.2, 0.25) is 0 Å². The van der Waals surface area contributed by atoms with Gasteiger partial charge in [0.25, 0.3) is 10.0 Å². The first-order valence-corrected chi connectivity index (χ1v) is 9.78. The zero-order valence-corrected chi connectivity index (χ0v) is 15.6. The van der Waals surface area contributed by atoms with Crippen LogP contribution in [-0.4, -0.2) is 21.4 Å². The molecule has 0 radical (unpaired) electrons. The van der Waals surface area contributed by atoms with Crippen LogP contribution in [-0.2, 0) is 21.4 Å². The number of anilines is 1. The van der Waals surface area contributed by atoms with Crippen molar-refractivity contribution in [3.05, 3.63) is 96.1 Å². The number of carbonyl (C=O) groups is 1. The third kappa shape index (κ3) is 4.17. The van der Waals surface area contributed by atoms with Crippen LogP contribution < -0.4 is 4.31 Å². The van der Waals surface area contributed by atoms with E-state index < -0.39 is 16.0 Å². The predicted molar refractivity (Wildman–Crippen MR) is 104 cm³/mol. The Morgan fingerprint density at radius 2 is 1.41 bits per heavy atom. The van der Waals surface area contributed by atoms with E-state index in [0.29, 0.717) is 5.69 Å². The molecule has 0 bridgehead atoms. The standard InChI is InChI=1S/C21H19NO4S/c1-22(18-12-6-3-7-13-18)27(24,25)20-15-9-8-14-19(20)21(23)26-16-17-10-4-2-5-11-17/h2-15H,16H2,1H3. The Kier molecular flexibility index (Phi) is 5.57. The number of hydrogen-bond donors (Lipinski definition) is 0. The number of rotatable bonds is 6. The highest BCUT2D eigenvalue weighted by Gasteiger charge is 2.27. The Balaban J connectivity index is 1.88. The van der Waals surface area contributed by atoms with Gasteiger partial charge >= 0.3 is 5.97 Å². The van der Waals surface area contributed by atoms with Gasteiger partial charge in [0.15, 0.2) is 0 Å². The Labute approximate surface area is 158 Å². The lowest BCUT2D eigenvalue weighted by atomic mass is 10.2. The van der Waals surface area contributed by atoms with Crippen LogP contribution in [0.4, 0.5) is 5.69 Å². The minimum absolute atomic E-state index is 0.0104. The second kappa shape index (κ2) is 8.05. The molecule has 27 heavy (non-hydrogen) atoms. The molecule has 0 unspecified atom stereocenters. The number of para-hydroxylation sites is 1. The van der Waals surface area contributed by atoms with Crippen molar-refractivity contribution in [2.45, 2.75) is 11.5 Å². The number of ether oxygens (including phenoxy) is 1. The molecule has 0 aliphatic heterocycles. The van der Waals surface area contributed by atoms with Gasteiger partial charge in [-0.2, -0.15) is 0 Å². The van der Waals surface area contributed by atoms with E-state index >= 15 is 0 Å². The summed E-state index contributed by atoms with van der Waals surface area (Å²) in [6.07, 6.45) is 0. The van der Waals surface area contributed by atoms with Gasteiger partial charge in [-0.05, 0) is 29.8 Å². The molecule has 0 amide bonds. The van der Waals surface area contributed by atoms with E-state index in [1.54, 1.807) is 42.5 Å². The first-order valence-electron chi connectivity index (χ1n) is 8.34. The van der Waals surface area contributed by atoms with E-state index in [4.69, 9.17) is 4.74 Å². The maximum absolute atomic E-state index is 13.1. The van der Waals surface area contributed by atoms with Gasteiger partial charge < -0.3 is 4.74 Å². The number of benzene rings is 3.